The lowest BCUT2D eigenvalue weighted by Gasteiger charge is -2.28. The van der Waals surface area contributed by atoms with Crippen molar-refractivity contribution in [1.82, 2.24) is 21.3 Å². The lowest BCUT2D eigenvalue weighted by atomic mass is 9.85. The van der Waals surface area contributed by atoms with Crippen LogP contribution in [0.5, 0.6) is 0 Å². The molecule has 2 saturated heterocycles. The molecular weight excluding hydrogens is 751 g/mol. The van der Waals surface area contributed by atoms with Crippen LogP contribution >= 0.6 is 0 Å². The van der Waals surface area contributed by atoms with E-state index in [1.807, 2.05) is 100 Å². The second-order valence-electron chi connectivity index (χ2n) is 16.2. The number of nitrogens with zero attached hydrogens (tertiary/aromatic N) is 2. The van der Waals surface area contributed by atoms with Gasteiger partial charge in [0.15, 0.2) is 0 Å². The van der Waals surface area contributed by atoms with Crippen LogP contribution in [0.15, 0.2) is 121 Å². The summed E-state index contributed by atoms with van der Waals surface area (Å²) in [4.78, 5) is 53.2. The van der Waals surface area contributed by atoms with Gasteiger partial charge in [-0.25, -0.2) is 0 Å². The van der Waals surface area contributed by atoms with E-state index in [0.29, 0.717) is 35.1 Å². The molecule has 310 valence electrons. The molecule has 59 heavy (non-hydrogen) atoms. The molecule has 2 fully saturated rings. The Balaban J connectivity index is 1.18. The summed E-state index contributed by atoms with van der Waals surface area (Å²) >= 11 is 0. The van der Waals surface area contributed by atoms with E-state index in [9.17, 15) is 29.8 Å². The third-order valence-electron chi connectivity index (χ3n) is 11.1. The number of rotatable bonds is 18. The first-order valence-electron chi connectivity index (χ1n) is 20.3. The van der Waals surface area contributed by atoms with E-state index < -0.39 is 72.4 Å². The molecule has 2 aliphatic rings. The van der Waals surface area contributed by atoms with Gasteiger partial charge in [-0.1, -0.05) is 149 Å². The van der Waals surface area contributed by atoms with Crippen molar-refractivity contribution < 1.29 is 28.7 Å². The van der Waals surface area contributed by atoms with Crippen molar-refractivity contribution in [3.05, 3.63) is 164 Å². The van der Waals surface area contributed by atoms with Crippen LogP contribution in [0, 0.1) is 32.1 Å². The summed E-state index contributed by atoms with van der Waals surface area (Å²) in [5, 5.41) is 38.0. The molecule has 14 nitrogen and oxygen atoms in total. The summed E-state index contributed by atoms with van der Waals surface area (Å²) in [5.74, 6) is -2.28. The highest BCUT2D eigenvalue weighted by atomic mass is 16.6. The van der Waals surface area contributed by atoms with Crippen LogP contribution in [0.2, 0.25) is 0 Å². The molecule has 2 heterocycles. The first-order valence-corrected chi connectivity index (χ1v) is 20.3. The Morgan fingerprint density at radius 3 is 1.17 bits per heavy atom. The Morgan fingerprint density at radius 2 is 0.881 bits per heavy atom. The molecule has 10 atom stereocenters. The lowest BCUT2D eigenvalue weighted by Crippen LogP contribution is -2.51. The summed E-state index contributed by atoms with van der Waals surface area (Å²) in [6.45, 7) is 7.94. The van der Waals surface area contributed by atoms with E-state index in [0.717, 1.165) is 0 Å². The lowest BCUT2D eigenvalue weighted by molar-refractivity contribution is -0.527. The molecule has 2 aliphatic heterocycles. The van der Waals surface area contributed by atoms with Gasteiger partial charge in [0.1, 0.15) is 36.6 Å². The molecule has 4 aromatic carbocycles. The van der Waals surface area contributed by atoms with Crippen molar-refractivity contribution in [2.45, 2.75) is 101 Å². The van der Waals surface area contributed by atoms with Gasteiger partial charge in [0, 0.05) is 9.85 Å². The third kappa shape index (κ3) is 10.6. The predicted octanol–water partition coefficient (Wildman–Crippen LogP) is 5.55. The summed E-state index contributed by atoms with van der Waals surface area (Å²) in [5.41, 5.74) is 2.75. The van der Waals surface area contributed by atoms with E-state index in [1.54, 1.807) is 48.5 Å². The van der Waals surface area contributed by atoms with Gasteiger partial charge in [0.2, 0.25) is 23.9 Å². The molecule has 0 bridgehead atoms. The van der Waals surface area contributed by atoms with Gasteiger partial charge in [-0.3, -0.25) is 40.5 Å². The number of benzene rings is 4. The molecule has 2 amide bonds. The maximum absolute atomic E-state index is 14.2. The van der Waals surface area contributed by atoms with Gasteiger partial charge in [-0.05, 0) is 46.9 Å². The Kier molecular flexibility index (Phi) is 14.6. The molecule has 0 saturated carbocycles. The minimum atomic E-state index is -1.12. The Labute approximate surface area is 345 Å². The molecule has 0 unspecified atom stereocenters. The predicted molar refractivity (Wildman–Crippen MR) is 224 cm³/mol. The molecule has 0 aromatic heterocycles. The van der Waals surface area contributed by atoms with E-state index in [-0.39, 0.29) is 29.4 Å². The second-order valence-corrected chi connectivity index (χ2v) is 16.2. The zero-order valence-corrected chi connectivity index (χ0v) is 33.8. The minimum absolute atomic E-state index is 0.0898. The monoisotopic (exact) mass is 804 g/mol. The highest BCUT2D eigenvalue weighted by Crippen LogP contribution is 2.42. The van der Waals surface area contributed by atoms with E-state index in [1.165, 1.54) is 0 Å². The second kappa shape index (κ2) is 20.0. The van der Waals surface area contributed by atoms with Crippen LogP contribution in [0.1, 0.15) is 86.7 Å². The van der Waals surface area contributed by atoms with E-state index >= 15 is 0 Å². The van der Waals surface area contributed by atoms with Crippen molar-refractivity contribution in [2.24, 2.45) is 11.8 Å². The smallest absolute Gasteiger partial charge is 0.393 e. The van der Waals surface area contributed by atoms with Gasteiger partial charge in [-0.2, -0.15) is 0 Å². The molecule has 4 aromatic rings. The fourth-order valence-corrected chi connectivity index (χ4v) is 8.52. The van der Waals surface area contributed by atoms with Crippen LogP contribution in [-0.2, 0) is 18.9 Å². The van der Waals surface area contributed by atoms with Gasteiger partial charge in [0.25, 0.3) is 0 Å². The first kappa shape index (κ1) is 43.1. The molecule has 6 rings (SSSR count). The van der Waals surface area contributed by atoms with Gasteiger partial charge < -0.3 is 19.9 Å². The minimum Gasteiger partial charge on any atom is -0.393 e. The summed E-state index contributed by atoms with van der Waals surface area (Å²) in [6, 6.07) is 30.7. The van der Waals surface area contributed by atoms with E-state index in [2.05, 4.69) is 21.3 Å². The zero-order chi connectivity index (χ0) is 42.1. The topological polar surface area (TPSA) is 187 Å². The third-order valence-corrected chi connectivity index (χ3v) is 11.1. The van der Waals surface area contributed by atoms with Crippen LogP contribution in [0.3, 0.4) is 0 Å². The number of hydrogen-bond donors (Lipinski definition) is 4. The van der Waals surface area contributed by atoms with Gasteiger partial charge >= 0.3 is 7.69 Å². The molecule has 4 N–H and O–H groups in total. The number of carbonyl (C=O) groups excluding carboxylic acids is 2. The Bertz CT molecular complexity index is 1850. The average Bonchev–Trinajstić information content (AvgIpc) is 3.83. The van der Waals surface area contributed by atoms with Crippen molar-refractivity contribution >= 4 is 19.5 Å². The van der Waals surface area contributed by atoms with Crippen molar-refractivity contribution in [3.8, 4) is 0 Å². The molecular formula is C44H53BN6O8. The standard InChI is InChI=1S/C44H53BN6O8/c1-27(2)25-33(46-43(52)39-35(29-17-9-5-10-18-29)41(50(54)55)37(48-39)31-21-13-7-14-22-31)58-45-59-34(26-28(3)4)47-44(53)40-36(30-19-11-6-12-20-30)42(51(56)57)38(49-40)32-23-15-8-16-24-32/h5-24,27-28,33-42,45,48-49H,25-26H2,1-4H3,(H,46,52)(H,47,53)/t33-,34-,35+,36+,37+,38+,39+,40+,41-,42-/m1/s1. The average molecular weight is 805 g/mol. The summed E-state index contributed by atoms with van der Waals surface area (Å²) < 4.78 is 12.3. The fourth-order valence-electron chi connectivity index (χ4n) is 8.52. The molecule has 15 heteroatoms. The van der Waals surface area contributed by atoms with E-state index in [4.69, 9.17) is 9.31 Å². The molecule has 0 spiro atoms. The molecule has 0 aliphatic carbocycles. The normalized spacial score (nSPS) is 25.0. The van der Waals surface area contributed by atoms with Crippen LogP contribution in [0.4, 0.5) is 0 Å². The number of amides is 2. The SMILES string of the molecule is CC(C)C[C@H](NC(=O)[C@H]1N[C@@H](c2ccccc2)[C@H]([N+](=O)[O-])[C@H]1c1ccccc1)OBO[C@H](CC(C)C)NC(=O)[C@H]1N[C@@H](c2ccccc2)[C@H]([N+](=O)[O-])[C@H]1c1ccccc1. The van der Waals surface area contributed by atoms with Crippen LogP contribution < -0.4 is 21.3 Å². The Hall–Kier alpha value is -5.48. The van der Waals surface area contributed by atoms with Crippen molar-refractivity contribution in [2.75, 3.05) is 0 Å². The van der Waals surface area contributed by atoms with Gasteiger partial charge in [-0.15, -0.1) is 0 Å². The highest BCUT2D eigenvalue weighted by molar-refractivity contribution is 6.18. The number of nitro groups is 2. The largest absolute Gasteiger partial charge is 0.441 e. The number of nitrogens with one attached hydrogen (secondary N) is 4. The van der Waals surface area contributed by atoms with Gasteiger partial charge in [0.05, 0.1) is 11.8 Å². The Morgan fingerprint density at radius 1 is 0.576 bits per heavy atom. The first-order chi connectivity index (χ1) is 28.4. The van der Waals surface area contributed by atoms with Crippen molar-refractivity contribution in [3.63, 3.8) is 0 Å². The zero-order valence-electron chi connectivity index (χ0n) is 33.8. The maximum Gasteiger partial charge on any atom is 0.441 e. The molecule has 0 radical (unpaired) electrons. The summed E-state index contributed by atoms with van der Waals surface area (Å²) in [6.07, 6.45) is -0.832. The van der Waals surface area contributed by atoms with Crippen LogP contribution in [-0.4, -0.2) is 66.0 Å². The fraction of sp³-hybridized carbons (Fsp3) is 0.409. The number of carbonyl (C=O) groups is 2. The highest BCUT2D eigenvalue weighted by Gasteiger charge is 2.56. The van der Waals surface area contributed by atoms with Crippen LogP contribution in [0.25, 0.3) is 0 Å². The van der Waals surface area contributed by atoms with Crippen molar-refractivity contribution in [1.29, 1.82) is 0 Å². The maximum atomic E-state index is 14.2. The quantitative estimate of drug-likeness (QED) is 0.0430. The number of hydrogen-bond acceptors (Lipinski definition) is 10. The summed E-state index contributed by atoms with van der Waals surface area (Å²) in [7, 11) is -0.302.